The number of guanidine groups is 1. The van der Waals surface area contributed by atoms with Gasteiger partial charge in [0.15, 0.2) is 11.7 Å². The lowest BCUT2D eigenvalue weighted by Crippen LogP contribution is -2.59. The molecule has 15 N–H and O–H groups in total. The van der Waals surface area contributed by atoms with Gasteiger partial charge >= 0.3 is 0 Å². The molecule has 1 fully saturated rings. The number of aromatic amines is 2. The van der Waals surface area contributed by atoms with E-state index in [1.165, 1.54) is 19.4 Å². The number of para-hydroxylation sites is 1. The lowest BCUT2D eigenvalue weighted by Gasteiger charge is -2.27. The Balaban J connectivity index is 1.50. The molecule has 1 saturated heterocycles. The Kier molecular flexibility index (Phi) is 21.0. The van der Waals surface area contributed by atoms with Gasteiger partial charge < -0.3 is 64.2 Å². The third kappa shape index (κ3) is 17.2. The number of ketones is 2. The van der Waals surface area contributed by atoms with Crippen LogP contribution in [0.15, 0.2) is 78.3 Å². The lowest BCUT2D eigenvalue weighted by molar-refractivity contribution is -0.136. The van der Waals surface area contributed by atoms with Gasteiger partial charge in [-0.15, -0.1) is 0 Å². The molecule has 386 valence electrons. The van der Waals surface area contributed by atoms with Crippen molar-refractivity contribution >= 4 is 69.8 Å². The van der Waals surface area contributed by atoms with Gasteiger partial charge in [-0.05, 0) is 62.1 Å². The second-order valence-corrected chi connectivity index (χ2v) is 17.9. The quantitative estimate of drug-likeness (QED) is 0.0376. The number of aliphatic hydroxyl groups excluding tert-OH is 1. The largest absolute Gasteiger partial charge is 0.396 e. The molecule has 5 rings (SSSR count). The molecule has 0 saturated carbocycles. The van der Waals surface area contributed by atoms with Crippen molar-refractivity contribution in [2.45, 2.75) is 108 Å². The van der Waals surface area contributed by atoms with Crippen molar-refractivity contribution in [1.82, 2.24) is 46.9 Å². The average Bonchev–Trinajstić information content (AvgIpc) is 4.02. The predicted molar refractivity (Wildman–Crippen MR) is 264 cm³/mol. The van der Waals surface area contributed by atoms with Gasteiger partial charge in [0.1, 0.15) is 30.0 Å². The number of H-pyrrole nitrogens is 2. The fraction of sp³-hybridized carbons (Fsp3) is 0.449. The highest BCUT2D eigenvalue weighted by atomic mass is 16.3. The van der Waals surface area contributed by atoms with Gasteiger partial charge in [0.05, 0.1) is 25.4 Å². The number of imidazole rings is 1. The number of nitrogens with one attached hydrogen (secondary N) is 8. The van der Waals surface area contributed by atoms with Crippen molar-refractivity contribution in [3.63, 3.8) is 0 Å². The number of carbonyl (C=O) groups excluding carboxylic acids is 9. The van der Waals surface area contributed by atoms with E-state index in [1.54, 1.807) is 36.5 Å². The molecule has 23 heteroatoms. The SMILES string of the molecule is CC(=O)N[C@@H](CCCN=C(N)N)C(=O)N[C@H]1CC(=O)NCCCC[C@@H](C(N)=O)NC(=O)[C@H](Cc2c[nH]c3ccccc23)CC(=O)[C@H](CO)CC(=O)[C@@H](Cc2ccccc2)NC(=O)[C@H](Cc2cnc[nH]2)NC1=O. The Hall–Kier alpha value is -7.95. The first kappa shape index (κ1) is 55.0. The first-order valence-electron chi connectivity index (χ1n) is 23.8. The minimum Gasteiger partial charge on any atom is -0.396 e. The summed E-state index contributed by atoms with van der Waals surface area (Å²) in [6.07, 6.45) is 3.47. The van der Waals surface area contributed by atoms with E-state index in [2.05, 4.69) is 51.8 Å². The molecule has 4 aromatic rings. The van der Waals surface area contributed by atoms with E-state index in [-0.39, 0.29) is 70.4 Å². The molecule has 7 amide bonds. The third-order valence-electron chi connectivity index (χ3n) is 12.2. The van der Waals surface area contributed by atoms with Gasteiger partial charge in [0.25, 0.3) is 0 Å². The number of nitrogens with two attached hydrogens (primary N) is 3. The molecule has 1 aliphatic rings. The minimum atomic E-state index is -1.63. The smallest absolute Gasteiger partial charge is 0.243 e. The molecule has 2 aromatic heterocycles. The van der Waals surface area contributed by atoms with E-state index < -0.39 is 121 Å². The lowest BCUT2D eigenvalue weighted by atomic mass is 9.85. The molecule has 0 bridgehead atoms. The summed E-state index contributed by atoms with van der Waals surface area (Å²) in [5.41, 5.74) is 19.1. The number of hydrogen-bond donors (Lipinski definition) is 12. The summed E-state index contributed by atoms with van der Waals surface area (Å²) in [5.74, 6) is -9.27. The average molecular weight is 996 g/mol. The van der Waals surface area contributed by atoms with Crippen LogP contribution in [0.5, 0.6) is 0 Å². The highest BCUT2D eigenvalue weighted by molar-refractivity contribution is 5.99. The molecule has 1 aliphatic heterocycles. The number of benzene rings is 2. The van der Waals surface area contributed by atoms with Gasteiger partial charge in [-0.3, -0.25) is 48.1 Å². The normalized spacial score (nSPS) is 21.8. The fourth-order valence-corrected chi connectivity index (χ4v) is 8.40. The predicted octanol–water partition coefficient (Wildman–Crippen LogP) is -1.27. The zero-order valence-corrected chi connectivity index (χ0v) is 40.1. The van der Waals surface area contributed by atoms with Gasteiger partial charge in [0, 0.05) is 80.1 Å². The van der Waals surface area contributed by atoms with Crippen molar-refractivity contribution in [2.24, 2.45) is 34.0 Å². The van der Waals surface area contributed by atoms with Gasteiger partial charge in [-0.25, -0.2) is 4.98 Å². The summed E-state index contributed by atoms with van der Waals surface area (Å²) in [5, 5.41) is 27.3. The van der Waals surface area contributed by atoms with Crippen LogP contribution in [0.1, 0.15) is 75.1 Å². The van der Waals surface area contributed by atoms with Crippen LogP contribution in [0.2, 0.25) is 0 Å². The Morgan fingerprint density at radius 2 is 1.53 bits per heavy atom. The fourth-order valence-electron chi connectivity index (χ4n) is 8.40. The summed E-state index contributed by atoms with van der Waals surface area (Å²) in [7, 11) is 0. The molecule has 0 unspecified atom stereocenters. The molecule has 0 spiro atoms. The number of primary amides is 1. The standard InChI is InChI=1S/C49H65N13O10/c1-28(64)58-37(15-9-17-55-49(51)52)46(70)62-40-23-43(67)54-16-8-7-14-36(44(50)68)59-45(69)30(19-31-24-56-35-13-6-5-12-34(31)35)20-41(65)32(26-63)21-42(66)38(18-29-10-3-2-4-11-29)60-47(71)39(61-48(40)72)22-33-25-53-27-57-33/h2-6,10-13,24-25,27,30,32,36-40,56,63H,7-9,14-23,26H2,1H3,(H2,50,68)(H,53,57)(H,54,67)(H,58,64)(H,59,69)(H,60,71)(H,61,72)(H,62,70)(H4,51,52,55)/t30-,32+,36+,37+,38-,39+,40+/m1/s1. The number of aliphatic imine (C=N–C) groups is 1. The Bertz CT molecular complexity index is 2540. The van der Waals surface area contributed by atoms with Crippen LogP contribution >= 0.6 is 0 Å². The summed E-state index contributed by atoms with van der Waals surface area (Å²) in [4.78, 5) is 138. The van der Waals surface area contributed by atoms with Crippen LogP contribution in [0.25, 0.3) is 10.9 Å². The topological polar surface area (TPSA) is 381 Å². The van der Waals surface area contributed by atoms with E-state index in [1.807, 2.05) is 24.3 Å². The summed E-state index contributed by atoms with van der Waals surface area (Å²) >= 11 is 0. The van der Waals surface area contributed by atoms with Crippen LogP contribution < -0.4 is 49.1 Å². The summed E-state index contributed by atoms with van der Waals surface area (Å²) < 4.78 is 0. The maximum atomic E-state index is 14.5. The van der Waals surface area contributed by atoms with Crippen molar-refractivity contribution in [2.75, 3.05) is 19.7 Å². The van der Waals surface area contributed by atoms with Crippen LogP contribution in [0.3, 0.4) is 0 Å². The molecule has 3 heterocycles. The van der Waals surface area contributed by atoms with Gasteiger partial charge in [-0.1, -0.05) is 48.5 Å². The number of fused-ring (bicyclic) bond motifs is 1. The number of carbonyl (C=O) groups is 9. The first-order valence-corrected chi connectivity index (χ1v) is 23.8. The number of rotatable bonds is 15. The highest BCUT2D eigenvalue weighted by Crippen LogP contribution is 2.25. The van der Waals surface area contributed by atoms with Gasteiger partial charge in [-0.2, -0.15) is 0 Å². The number of hydrogen-bond acceptors (Lipinski definition) is 12. The maximum absolute atomic E-state index is 14.5. The Morgan fingerprint density at radius 3 is 2.22 bits per heavy atom. The molecule has 0 radical (unpaired) electrons. The Morgan fingerprint density at radius 1 is 0.806 bits per heavy atom. The molecule has 23 nitrogen and oxygen atoms in total. The summed E-state index contributed by atoms with van der Waals surface area (Å²) in [6.45, 7) is 0.563. The van der Waals surface area contributed by atoms with Crippen LogP contribution in [0, 0.1) is 11.8 Å². The molecular formula is C49H65N13O10. The summed E-state index contributed by atoms with van der Waals surface area (Å²) in [6, 6.07) is 9.24. The van der Waals surface area contributed by atoms with E-state index in [9.17, 15) is 48.3 Å². The molecule has 0 aliphatic carbocycles. The number of nitrogens with zero attached hydrogens (tertiary/aromatic N) is 2. The number of aromatic nitrogens is 3. The molecule has 7 atom stereocenters. The van der Waals surface area contributed by atoms with E-state index in [4.69, 9.17) is 17.2 Å². The zero-order valence-electron chi connectivity index (χ0n) is 40.1. The number of Topliss-reactive ketones (excluding diaryl/α,β-unsaturated/α-hetero) is 2. The van der Waals surface area contributed by atoms with Crippen LogP contribution in [-0.4, -0.2) is 129 Å². The monoisotopic (exact) mass is 995 g/mol. The number of amides is 7. The zero-order chi connectivity index (χ0) is 52.2. The highest BCUT2D eigenvalue weighted by Gasteiger charge is 2.36. The maximum Gasteiger partial charge on any atom is 0.243 e. The van der Waals surface area contributed by atoms with Crippen molar-refractivity contribution in [1.29, 1.82) is 0 Å². The Labute approximate surface area is 415 Å². The third-order valence-corrected chi connectivity index (χ3v) is 12.2. The number of aliphatic hydroxyl groups is 1. The van der Waals surface area contributed by atoms with E-state index in [0.29, 0.717) is 16.8 Å². The minimum absolute atomic E-state index is 0.0295. The molecule has 2 aromatic carbocycles. The second-order valence-electron chi connectivity index (χ2n) is 17.9. The van der Waals surface area contributed by atoms with Crippen LogP contribution in [-0.2, 0) is 62.4 Å². The van der Waals surface area contributed by atoms with E-state index in [0.717, 1.165) is 10.9 Å². The first-order chi connectivity index (χ1) is 34.5. The van der Waals surface area contributed by atoms with Crippen molar-refractivity contribution < 1.29 is 48.3 Å². The van der Waals surface area contributed by atoms with E-state index >= 15 is 0 Å². The second kappa shape index (κ2) is 27.4. The molecular weight excluding hydrogens is 931 g/mol. The van der Waals surface area contributed by atoms with Crippen molar-refractivity contribution in [3.05, 3.63) is 90.1 Å². The molecule has 72 heavy (non-hydrogen) atoms. The van der Waals surface area contributed by atoms with Gasteiger partial charge in [0.2, 0.25) is 41.4 Å². The van der Waals surface area contributed by atoms with Crippen LogP contribution in [0.4, 0.5) is 0 Å². The van der Waals surface area contributed by atoms with Crippen molar-refractivity contribution in [3.8, 4) is 0 Å².